The van der Waals surface area contributed by atoms with Crippen molar-refractivity contribution < 1.29 is 4.42 Å². The lowest BCUT2D eigenvalue weighted by molar-refractivity contribution is 0.615. The first-order chi connectivity index (χ1) is 10.0. The van der Waals surface area contributed by atoms with Gasteiger partial charge in [-0.15, -0.1) is 0 Å². The highest BCUT2D eigenvalue weighted by Crippen LogP contribution is 2.41. The van der Waals surface area contributed by atoms with Crippen LogP contribution in [0.15, 0.2) is 42.1 Å². The zero-order valence-corrected chi connectivity index (χ0v) is 15.8. The van der Waals surface area contributed by atoms with Crippen molar-refractivity contribution in [2.75, 3.05) is 5.73 Å². The fourth-order valence-electron chi connectivity index (χ4n) is 2.23. The number of aromatic nitrogens is 1. The maximum atomic E-state index is 6.12. The van der Waals surface area contributed by atoms with Crippen molar-refractivity contribution >= 4 is 64.6 Å². The predicted molar refractivity (Wildman–Crippen MR) is 96.3 cm³/mol. The number of aryl methyl sites for hydroxylation is 1. The van der Waals surface area contributed by atoms with E-state index in [0.717, 1.165) is 42.1 Å². The van der Waals surface area contributed by atoms with Gasteiger partial charge in [0.1, 0.15) is 5.52 Å². The van der Waals surface area contributed by atoms with Crippen LogP contribution in [0.5, 0.6) is 0 Å². The molecule has 0 saturated heterocycles. The smallest absolute Gasteiger partial charge is 0.228 e. The van der Waals surface area contributed by atoms with Crippen LogP contribution in [-0.4, -0.2) is 4.98 Å². The van der Waals surface area contributed by atoms with Gasteiger partial charge in [-0.3, -0.25) is 0 Å². The Balaban J connectivity index is 2.35. The molecule has 2 N–H and O–H groups in total. The largest absolute Gasteiger partial charge is 0.436 e. The maximum absolute atomic E-state index is 6.12. The normalized spacial score (nSPS) is 11.2. The van der Waals surface area contributed by atoms with Gasteiger partial charge in [0.25, 0.3) is 0 Å². The molecule has 2 aromatic carbocycles. The fraction of sp³-hybridized carbons (Fsp3) is 0.133. The van der Waals surface area contributed by atoms with Crippen LogP contribution in [0.2, 0.25) is 0 Å². The quantitative estimate of drug-likeness (QED) is 0.468. The molecular formula is C15H11Br3N2O. The van der Waals surface area contributed by atoms with Crippen molar-refractivity contribution in [2.24, 2.45) is 0 Å². The van der Waals surface area contributed by atoms with Crippen LogP contribution in [0.3, 0.4) is 0 Å². The first kappa shape index (κ1) is 15.1. The summed E-state index contributed by atoms with van der Waals surface area (Å²) < 4.78 is 8.57. The SMILES string of the molecule is CCc1c(Br)c(N)c(Br)c2nc(-c3ccccc3Br)oc12. The van der Waals surface area contributed by atoms with Gasteiger partial charge < -0.3 is 10.2 Å². The summed E-state index contributed by atoms with van der Waals surface area (Å²) >= 11 is 10.6. The van der Waals surface area contributed by atoms with E-state index in [2.05, 4.69) is 59.7 Å². The van der Waals surface area contributed by atoms with E-state index in [9.17, 15) is 0 Å². The average Bonchev–Trinajstić information content (AvgIpc) is 2.91. The minimum Gasteiger partial charge on any atom is -0.436 e. The van der Waals surface area contributed by atoms with Gasteiger partial charge in [0, 0.05) is 14.5 Å². The summed E-state index contributed by atoms with van der Waals surface area (Å²) in [7, 11) is 0. The van der Waals surface area contributed by atoms with Gasteiger partial charge in [0.2, 0.25) is 5.89 Å². The highest BCUT2D eigenvalue weighted by atomic mass is 79.9. The van der Waals surface area contributed by atoms with Crippen molar-refractivity contribution in [1.82, 2.24) is 4.98 Å². The van der Waals surface area contributed by atoms with Gasteiger partial charge in [-0.2, -0.15) is 0 Å². The Morgan fingerprint density at radius 2 is 1.86 bits per heavy atom. The summed E-state index contributed by atoms with van der Waals surface area (Å²) in [5.74, 6) is 0.574. The lowest BCUT2D eigenvalue weighted by atomic mass is 10.1. The van der Waals surface area contributed by atoms with Crippen molar-refractivity contribution in [1.29, 1.82) is 0 Å². The Kier molecular flexibility index (Phi) is 4.12. The minimum absolute atomic E-state index is 0.574. The molecule has 3 aromatic rings. The summed E-state index contributed by atoms with van der Waals surface area (Å²) in [4.78, 5) is 4.61. The van der Waals surface area contributed by atoms with Crippen LogP contribution in [0.1, 0.15) is 12.5 Å². The first-order valence-electron chi connectivity index (χ1n) is 6.35. The number of halogens is 3. The molecule has 0 fully saturated rings. The van der Waals surface area contributed by atoms with E-state index in [1.54, 1.807) is 0 Å². The maximum Gasteiger partial charge on any atom is 0.228 e. The zero-order valence-electron chi connectivity index (χ0n) is 11.1. The molecule has 0 atom stereocenters. The number of nitrogen functional groups attached to an aromatic ring is 1. The molecule has 6 heteroatoms. The molecule has 1 aromatic heterocycles. The van der Waals surface area contributed by atoms with Crippen LogP contribution >= 0.6 is 47.8 Å². The number of nitrogens with two attached hydrogens (primary N) is 1. The third-order valence-corrected chi connectivity index (χ3v) is 5.70. The summed E-state index contributed by atoms with van der Waals surface area (Å²) in [6.07, 6.45) is 0.805. The van der Waals surface area contributed by atoms with E-state index >= 15 is 0 Å². The Morgan fingerprint density at radius 3 is 2.52 bits per heavy atom. The van der Waals surface area contributed by atoms with E-state index in [1.807, 2.05) is 24.3 Å². The molecule has 0 spiro atoms. The van der Waals surface area contributed by atoms with E-state index in [0.29, 0.717) is 11.6 Å². The lowest BCUT2D eigenvalue weighted by Gasteiger charge is -2.07. The Labute approximate surface area is 147 Å². The number of anilines is 1. The zero-order chi connectivity index (χ0) is 15.1. The molecule has 1 heterocycles. The number of hydrogen-bond acceptors (Lipinski definition) is 3. The number of fused-ring (bicyclic) bond motifs is 1. The monoisotopic (exact) mass is 472 g/mol. The van der Waals surface area contributed by atoms with Crippen molar-refractivity contribution in [3.05, 3.63) is 43.2 Å². The first-order valence-corrected chi connectivity index (χ1v) is 8.73. The second kappa shape index (κ2) is 5.74. The standard InChI is InChI=1S/C15H11Br3N2O/c1-2-7-10(17)12(19)11(18)13-14(7)21-15(20-13)8-5-3-4-6-9(8)16/h3-6H,2,19H2,1H3. The van der Waals surface area contributed by atoms with Crippen molar-refractivity contribution in [2.45, 2.75) is 13.3 Å². The van der Waals surface area contributed by atoms with Crippen LogP contribution in [0.4, 0.5) is 5.69 Å². The topological polar surface area (TPSA) is 52.0 Å². The number of nitrogens with zero attached hydrogens (tertiary/aromatic N) is 1. The fourth-order valence-corrected chi connectivity index (χ4v) is 4.07. The van der Waals surface area contributed by atoms with Gasteiger partial charge >= 0.3 is 0 Å². The van der Waals surface area contributed by atoms with E-state index in [-0.39, 0.29) is 0 Å². The third kappa shape index (κ3) is 2.43. The molecule has 0 aliphatic carbocycles. The summed E-state index contributed by atoms with van der Waals surface area (Å²) in [6.45, 7) is 2.06. The molecule has 0 aliphatic heterocycles. The van der Waals surface area contributed by atoms with Crippen LogP contribution in [0, 0.1) is 0 Å². The lowest BCUT2D eigenvalue weighted by Crippen LogP contribution is -1.94. The highest BCUT2D eigenvalue weighted by Gasteiger charge is 2.20. The molecule has 0 amide bonds. The minimum atomic E-state index is 0.574. The van der Waals surface area contributed by atoms with Gasteiger partial charge in [0.05, 0.1) is 15.7 Å². The van der Waals surface area contributed by atoms with Crippen LogP contribution in [-0.2, 0) is 6.42 Å². The molecule has 0 bridgehead atoms. The van der Waals surface area contributed by atoms with E-state index in [1.165, 1.54) is 0 Å². The number of benzene rings is 2. The van der Waals surface area contributed by atoms with Crippen LogP contribution in [0.25, 0.3) is 22.6 Å². The Hall–Kier alpha value is -0.850. The molecule has 0 aliphatic rings. The van der Waals surface area contributed by atoms with E-state index < -0.39 is 0 Å². The number of oxazole rings is 1. The average molecular weight is 475 g/mol. The molecule has 0 saturated carbocycles. The Bertz CT molecular complexity index is 843. The molecule has 108 valence electrons. The summed E-state index contributed by atoms with van der Waals surface area (Å²) in [6, 6.07) is 7.84. The van der Waals surface area contributed by atoms with Gasteiger partial charge in [-0.05, 0) is 66.3 Å². The second-order valence-electron chi connectivity index (χ2n) is 4.55. The molecule has 3 rings (SSSR count). The molecule has 21 heavy (non-hydrogen) atoms. The van der Waals surface area contributed by atoms with Gasteiger partial charge in [-0.25, -0.2) is 4.98 Å². The predicted octanol–water partition coefficient (Wildman–Crippen LogP) is 5.93. The molecule has 3 nitrogen and oxygen atoms in total. The molecule has 0 radical (unpaired) electrons. The van der Waals surface area contributed by atoms with E-state index in [4.69, 9.17) is 10.2 Å². The van der Waals surface area contributed by atoms with Gasteiger partial charge in [0.15, 0.2) is 5.58 Å². The molecular weight excluding hydrogens is 464 g/mol. The van der Waals surface area contributed by atoms with Crippen molar-refractivity contribution in [3.8, 4) is 11.5 Å². The number of rotatable bonds is 2. The third-order valence-electron chi connectivity index (χ3n) is 3.30. The summed E-state index contributed by atoms with van der Waals surface area (Å²) in [5, 5.41) is 0. The summed E-state index contributed by atoms with van der Waals surface area (Å²) in [5.41, 5.74) is 10.2. The van der Waals surface area contributed by atoms with Crippen molar-refractivity contribution in [3.63, 3.8) is 0 Å². The number of hydrogen-bond donors (Lipinski definition) is 1. The van der Waals surface area contributed by atoms with Crippen LogP contribution < -0.4 is 5.73 Å². The molecule has 0 unspecified atom stereocenters. The second-order valence-corrected chi connectivity index (χ2v) is 6.99. The Morgan fingerprint density at radius 1 is 1.14 bits per heavy atom. The highest BCUT2D eigenvalue weighted by molar-refractivity contribution is 9.11. The van der Waals surface area contributed by atoms with Gasteiger partial charge in [-0.1, -0.05) is 19.1 Å².